The van der Waals surface area contributed by atoms with E-state index < -0.39 is 0 Å². The first kappa shape index (κ1) is 10.7. The smallest absolute Gasteiger partial charge is 0.243 e. The Balaban J connectivity index is 2.72. The Hall–Kier alpha value is -1.39. The highest BCUT2D eigenvalue weighted by atomic mass is 16.5. The predicted molar refractivity (Wildman–Crippen MR) is 53.9 cm³/mol. The summed E-state index contributed by atoms with van der Waals surface area (Å²) in [7, 11) is 0. The zero-order chi connectivity index (χ0) is 10.8. The molecule has 0 atom stereocenters. The van der Waals surface area contributed by atoms with Crippen molar-refractivity contribution >= 4 is 5.95 Å². The number of nitrogen functional groups attached to an aromatic ring is 1. The first-order valence-corrected chi connectivity index (χ1v) is 4.48. The molecule has 78 valence electrons. The SMILES string of the molecule is Cc1nnc(N)nc1OCC(C)(C)C. The van der Waals surface area contributed by atoms with Gasteiger partial charge in [0.15, 0.2) is 0 Å². The zero-order valence-corrected chi connectivity index (χ0v) is 9.03. The molecular weight excluding hydrogens is 180 g/mol. The minimum absolute atomic E-state index is 0.0894. The molecule has 0 aromatic carbocycles. The Morgan fingerprint density at radius 2 is 1.93 bits per heavy atom. The van der Waals surface area contributed by atoms with Crippen molar-refractivity contribution in [3.8, 4) is 5.88 Å². The van der Waals surface area contributed by atoms with Crippen LogP contribution in [0, 0.1) is 12.3 Å². The average molecular weight is 196 g/mol. The normalized spacial score (nSPS) is 11.4. The van der Waals surface area contributed by atoms with E-state index in [0.29, 0.717) is 18.2 Å². The molecular formula is C9H16N4O. The fourth-order valence-corrected chi connectivity index (χ4v) is 0.798. The molecule has 1 aromatic rings. The maximum atomic E-state index is 5.49. The molecule has 0 aliphatic rings. The average Bonchev–Trinajstić information content (AvgIpc) is 2.05. The van der Waals surface area contributed by atoms with E-state index in [1.807, 2.05) is 0 Å². The number of ether oxygens (including phenoxy) is 1. The molecule has 5 nitrogen and oxygen atoms in total. The van der Waals surface area contributed by atoms with Crippen molar-refractivity contribution in [2.45, 2.75) is 27.7 Å². The lowest BCUT2D eigenvalue weighted by Crippen LogP contribution is -2.18. The lowest BCUT2D eigenvalue weighted by atomic mass is 9.99. The first-order valence-electron chi connectivity index (χ1n) is 4.48. The van der Waals surface area contributed by atoms with E-state index in [4.69, 9.17) is 10.5 Å². The first-order chi connectivity index (χ1) is 6.38. The summed E-state index contributed by atoms with van der Waals surface area (Å²) in [5.41, 5.74) is 6.15. The number of rotatable bonds is 2. The highest BCUT2D eigenvalue weighted by Crippen LogP contribution is 2.17. The lowest BCUT2D eigenvalue weighted by molar-refractivity contribution is 0.189. The molecule has 0 saturated heterocycles. The largest absolute Gasteiger partial charge is 0.476 e. The fourth-order valence-electron chi connectivity index (χ4n) is 0.798. The molecule has 0 saturated carbocycles. The maximum absolute atomic E-state index is 5.49. The fraction of sp³-hybridized carbons (Fsp3) is 0.667. The summed E-state index contributed by atoms with van der Waals surface area (Å²) in [4.78, 5) is 3.96. The summed E-state index contributed by atoms with van der Waals surface area (Å²) in [6, 6.07) is 0. The molecule has 0 unspecified atom stereocenters. The van der Waals surface area contributed by atoms with E-state index >= 15 is 0 Å². The Bertz CT molecular complexity index is 319. The monoisotopic (exact) mass is 196 g/mol. The molecule has 0 radical (unpaired) electrons. The van der Waals surface area contributed by atoms with Gasteiger partial charge in [0.05, 0.1) is 6.61 Å². The molecule has 0 aliphatic carbocycles. The topological polar surface area (TPSA) is 73.9 Å². The molecule has 14 heavy (non-hydrogen) atoms. The Morgan fingerprint density at radius 1 is 1.29 bits per heavy atom. The highest BCUT2D eigenvalue weighted by molar-refractivity contribution is 5.23. The summed E-state index contributed by atoms with van der Waals surface area (Å²) in [5.74, 6) is 0.604. The number of hydrogen-bond donors (Lipinski definition) is 1. The van der Waals surface area contributed by atoms with Crippen molar-refractivity contribution < 1.29 is 4.74 Å². The molecule has 2 N–H and O–H groups in total. The predicted octanol–water partition coefficient (Wildman–Crippen LogP) is 1.19. The molecule has 5 heteroatoms. The van der Waals surface area contributed by atoms with E-state index in [9.17, 15) is 0 Å². The van der Waals surface area contributed by atoms with Crippen LogP contribution in [0.3, 0.4) is 0 Å². The Kier molecular flexibility index (Phi) is 2.88. The van der Waals surface area contributed by atoms with Gasteiger partial charge in [-0.05, 0) is 12.3 Å². The number of anilines is 1. The number of hydrogen-bond acceptors (Lipinski definition) is 5. The lowest BCUT2D eigenvalue weighted by Gasteiger charge is -2.18. The Morgan fingerprint density at radius 3 is 2.50 bits per heavy atom. The van der Waals surface area contributed by atoms with Gasteiger partial charge < -0.3 is 10.5 Å². The summed E-state index contributed by atoms with van der Waals surface area (Å²) >= 11 is 0. The van der Waals surface area contributed by atoms with Gasteiger partial charge in [-0.1, -0.05) is 20.8 Å². The molecule has 0 aliphatic heterocycles. The van der Waals surface area contributed by atoms with Gasteiger partial charge in [0, 0.05) is 0 Å². The number of aryl methyl sites for hydroxylation is 1. The van der Waals surface area contributed by atoms with Gasteiger partial charge in [0.2, 0.25) is 11.8 Å². The minimum Gasteiger partial charge on any atom is -0.476 e. The van der Waals surface area contributed by atoms with Gasteiger partial charge >= 0.3 is 0 Å². The summed E-state index contributed by atoms with van der Waals surface area (Å²) in [6.07, 6.45) is 0. The standard InChI is InChI=1S/C9H16N4O/c1-6-7(11-8(10)13-12-6)14-5-9(2,3)4/h5H2,1-4H3,(H2,10,11,13). The second kappa shape index (κ2) is 3.77. The highest BCUT2D eigenvalue weighted by Gasteiger charge is 2.13. The van der Waals surface area contributed by atoms with Crippen molar-refractivity contribution in [1.82, 2.24) is 15.2 Å². The summed E-state index contributed by atoms with van der Waals surface area (Å²) in [6.45, 7) is 8.62. The maximum Gasteiger partial charge on any atom is 0.243 e. The van der Waals surface area contributed by atoms with E-state index in [0.717, 1.165) is 0 Å². The van der Waals surface area contributed by atoms with E-state index in [1.54, 1.807) is 6.92 Å². The van der Waals surface area contributed by atoms with Crippen molar-refractivity contribution in [3.63, 3.8) is 0 Å². The van der Waals surface area contributed by atoms with Crippen molar-refractivity contribution in [3.05, 3.63) is 5.69 Å². The van der Waals surface area contributed by atoms with Crippen LogP contribution in [0.4, 0.5) is 5.95 Å². The number of nitrogens with zero attached hydrogens (tertiary/aromatic N) is 3. The van der Waals surface area contributed by atoms with Crippen molar-refractivity contribution in [2.24, 2.45) is 5.41 Å². The van der Waals surface area contributed by atoms with Crippen LogP contribution in [0.2, 0.25) is 0 Å². The van der Waals surface area contributed by atoms with Gasteiger partial charge in [0.25, 0.3) is 0 Å². The molecule has 1 heterocycles. The van der Waals surface area contributed by atoms with E-state index in [-0.39, 0.29) is 11.4 Å². The third-order valence-corrected chi connectivity index (χ3v) is 1.47. The molecule has 0 amide bonds. The van der Waals surface area contributed by atoms with E-state index in [1.165, 1.54) is 0 Å². The molecule has 0 spiro atoms. The van der Waals surface area contributed by atoms with Crippen LogP contribution in [0.5, 0.6) is 5.88 Å². The molecule has 1 aromatic heterocycles. The van der Waals surface area contributed by atoms with Gasteiger partial charge in [-0.25, -0.2) is 0 Å². The van der Waals surface area contributed by atoms with Crippen molar-refractivity contribution in [1.29, 1.82) is 0 Å². The van der Waals surface area contributed by atoms with Gasteiger partial charge in [-0.3, -0.25) is 0 Å². The summed E-state index contributed by atoms with van der Waals surface area (Å²) < 4.78 is 5.49. The van der Waals surface area contributed by atoms with E-state index in [2.05, 4.69) is 36.0 Å². The van der Waals surface area contributed by atoms with Gasteiger partial charge in [-0.15, -0.1) is 10.2 Å². The van der Waals surface area contributed by atoms with Crippen LogP contribution in [0.1, 0.15) is 26.5 Å². The van der Waals surface area contributed by atoms with Crippen LogP contribution in [0.25, 0.3) is 0 Å². The van der Waals surface area contributed by atoms with Crippen LogP contribution < -0.4 is 10.5 Å². The van der Waals surface area contributed by atoms with Crippen LogP contribution >= 0.6 is 0 Å². The van der Waals surface area contributed by atoms with Crippen LogP contribution in [-0.2, 0) is 0 Å². The van der Waals surface area contributed by atoms with Gasteiger partial charge in [-0.2, -0.15) is 4.98 Å². The minimum atomic E-state index is 0.0894. The second-order valence-electron chi connectivity index (χ2n) is 4.41. The van der Waals surface area contributed by atoms with Gasteiger partial charge in [0.1, 0.15) is 5.69 Å². The Labute approximate surface area is 83.7 Å². The summed E-state index contributed by atoms with van der Waals surface area (Å²) in [5, 5.41) is 7.44. The third-order valence-electron chi connectivity index (χ3n) is 1.47. The molecule has 0 bridgehead atoms. The van der Waals surface area contributed by atoms with Crippen LogP contribution in [0.15, 0.2) is 0 Å². The zero-order valence-electron chi connectivity index (χ0n) is 9.03. The van der Waals surface area contributed by atoms with Crippen molar-refractivity contribution in [2.75, 3.05) is 12.3 Å². The number of nitrogens with two attached hydrogens (primary N) is 1. The second-order valence-corrected chi connectivity index (χ2v) is 4.41. The third kappa shape index (κ3) is 3.16. The molecule has 1 rings (SSSR count). The van der Waals surface area contributed by atoms with Crippen LogP contribution in [-0.4, -0.2) is 21.8 Å². The quantitative estimate of drug-likeness (QED) is 0.769. The molecule has 0 fully saturated rings. The number of aromatic nitrogens is 3.